The summed E-state index contributed by atoms with van der Waals surface area (Å²) < 4.78 is 10.3. The van der Waals surface area contributed by atoms with Gasteiger partial charge >= 0.3 is 0 Å². The molecule has 0 spiro atoms. The average Bonchev–Trinajstić information content (AvgIpc) is 2.10. The molecule has 3 heteroatoms. The van der Waals surface area contributed by atoms with Gasteiger partial charge in [-0.1, -0.05) is 0 Å². The largest absolute Gasteiger partial charge is 0.348 e. The summed E-state index contributed by atoms with van der Waals surface area (Å²) in [6, 6.07) is 0. The van der Waals surface area contributed by atoms with Crippen LogP contribution in [0.2, 0.25) is 0 Å². The van der Waals surface area contributed by atoms with Crippen LogP contribution >= 0.6 is 0 Å². The van der Waals surface area contributed by atoms with E-state index < -0.39 is 5.79 Å². The van der Waals surface area contributed by atoms with Crippen molar-refractivity contribution in [1.29, 1.82) is 0 Å². The third kappa shape index (κ3) is 1.64. The van der Waals surface area contributed by atoms with Crippen LogP contribution in [0.25, 0.3) is 0 Å². The molecule has 1 atom stereocenters. The molecule has 1 radical (unpaired) electrons. The second kappa shape index (κ2) is 2.25. The molecule has 1 aliphatic heterocycles. The van der Waals surface area contributed by atoms with E-state index in [9.17, 15) is 5.11 Å². The van der Waals surface area contributed by atoms with Crippen molar-refractivity contribution in [3.63, 3.8) is 0 Å². The number of hydrogen-bond acceptors (Lipinski definition) is 2. The summed E-state index contributed by atoms with van der Waals surface area (Å²) in [5, 5.41) is 10.2. The van der Waals surface area contributed by atoms with Gasteiger partial charge in [0.25, 0.3) is 0 Å². The van der Waals surface area contributed by atoms with Crippen LogP contribution in [0.1, 0.15) is 13.8 Å². The van der Waals surface area contributed by atoms with Gasteiger partial charge in [-0.05, 0) is 13.8 Å². The molecule has 1 saturated heterocycles. The van der Waals surface area contributed by atoms with Gasteiger partial charge in [-0.15, -0.1) is 0 Å². The van der Waals surface area contributed by atoms with Crippen molar-refractivity contribution >= 4 is 0 Å². The van der Waals surface area contributed by atoms with Gasteiger partial charge in [0.05, 0.1) is 6.61 Å². The topological polar surface area (TPSA) is 38.4 Å². The summed E-state index contributed by atoms with van der Waals surface area (Å²) in [5.74, 6) is -0.533. The van der Waals surface area contributed by atoms with Crippen molar-refractivity contribution < 1.29 is 14.6 Å². The minimum absolute atomic E-state index is 0.205. The fourth-order valence-electron chi connectivity index (χ4n) is 0.845. The Morgan fingerprint density at radius 1 is 1.67 bits per heavy atom. The zero-order chi connectivity index (χ0) is 6.91. The van der Waals surface area contributed by atoms with E-state index in [1.165, 1.54) is 0 Å². The fourth-order valence-corrected chi connectivity index (χ4v) is 0.845. The Bertz CT molecular complexity index is 100. The van der Waals surface area contributed by atoms with Crippen LogP contribution in [-0.4, -0.2) is 25.1 Å². The van der Waals surface area contributed by atoms with Crippen LogP contribution in [-0.2, 0) is 14.6 Å². The van der Waals surface area contributed by atoms with E-state index in [0.29, 0.717) is 6.61 Å². The molecular weight excluding hydrogens is 120 g/mol. The molecule has 1 aliphatic rings. The van der Waals surface area contributed by atoms with Crippen LogP contribution in [0.3, 0.4) is 0 Å². The lowest BCUT2D eigenvalue weighted by atomic mass is 10.4. The van der Waals surface area contributed by atoms with Gasteiger partial charge in [-0.2, -0.15) is 0 Å². The van der Waals surface area contributed by atoms with E-state index in [1.807, 2.05) is 13.8 Å². The predicted molar refractivity (Wildman–Crippen MR) is 30.5 cm³/mol. The van der Waals surface area contributed by atoms with Gasteiger partial charge in [0.2, 0.25) is 0 Å². The lowest BCUT2D eigenvalue weighted by Crippen LogP contribution is -2.22. The van der Waals surface area contributed by atoms with Crippen molar-refractivity contribution in [1.82, 2.24) is 0 Å². The first-order chi connectivity index (χ1) is 4.14. The highest BCUT2D eigenvalue weighted by atomic mass is 16.7. The maximum atomic E-state index is 10.2. The van der Waals surface area contributed by atoms with Crippen molar-refractivity contribution in [2.45, 2.75) is 25.7 Å². The zero-order valence-electron chi connectivity index (χ0n) is 5.72. The Morgan fingerprint density at radius 3 is 2.56 bits per heavy atom. The summed E-state index contributed by atoms with van der Waals surface area (Å²) in [7, 11) is 0. The molecule has 0 aromatic rings. The van der Waals surface area contributed by atoms with Gasteiger partial charge in [-0.25, -0.2) is 5.11 Å². The normalized spacial score (nSPS) is 33.0. The highest BCUT2D eigenvalue weighted by Gasteiger charge is 2.32. The first-order valence-corrected chi connectivity index (χ1v) is 3.04. The molecular formula is C6H11O3. The minimum Gasteiger partial charge on any atom is -0.348 e. The summed E-state index contributed by atoms with van der Waals surface area (Å²) in [5.41, 5.74) is 0. The smallest absolute Gasteiger partial charge is 0.163 e. The lowest BCUT2D eigenvalue weighted by Gasteiger charge is -2.15. The minimum atomic E-state index is -0.533. The Morgan fingerprint density at radius 2 is 2.33 bits per heavy atom. The van der Waals surface area contributed by atoms with E-state index in [2.05, 4.69) is 0 Å². The Hall–Kier alpha value is -0.120. The molecule has 1 rings (SSSR count). The molecule has 1 fully saturated rings. The van der Waals surface area contributed by atoms with Gasteiger partial charge in [0.1, 0.15) is 12.7 Å². The molecule has 0 saturated carbocycles. The Labute approximate surface area is 54.6 Å². The molecule has 0 unspecified atom stereocenters. The van der Waals surface area contributed by atoms with Gasteiger partial charge in [0.15, 0.2) is 5.79 Å². The first-order valence-electron chi connectivity index (χ1n) is 3.04. The van der Waals surface area contributed by atoms with Gasteiger partial charge in [0, 0.05) is 0 Å². The third-order valence-corrected chi connectivity index (χ3v) is 1.25. The summed E-state index contributed by atoms with van der Waals surface area (Å²) in [4.78, 5) is 0. The fraction of sp³-hybridized carbons (Fsp3) is 1.00. The number of ether oxygens (including phenoxy) is 2. The Balaban J connectivity index is 2.38. The summed E-state index contributed by atoms with van der Waals surface area (Å²) in [6.07, 6.45) is -0.236. The molecule has 0 amide bonds. The van der Waals surface area contributed by atoms with Crippen LogP contribution in [0, 0.1) is 0 Å². The summed E-state index contributed by atoms with van der Waals surface area (Å²) in [6.45, 7) is 3.85. The van der Waals surface area contributed by atoms with Crippen molar-refractivity contribution in [3.05, 3.63) is 0 Å². The average molecular weight is 131 g/mol. The summed E-state index contributed by atoms with van der Waals surface area (Å²) >= 11 is 0. The molecule has 3 nitrogen and oxygen atoms in total. The SMILES string of the molecule is CC1(C)OC[C@H](C[O])O1. The maximum Gasteiger partial charge on any atom is 0.163 e. The Kier molecular flexibility index (Phi) is 1.75. The molecule has 53 valence electrons. The highest BCUT2D eigenvalue weighted by Crippen LogP contribution is 2.21. The van der Waals surface area contributed by atoms with Crippen molar-refractivity contribution in [2.75, 3.05) is 13.2 Å². The first kappa shape index (κ1) is 6.99. The molecule has 0 aromatic carbocycles. The van der Waals surface area contributed by atoms with Crippen LogP contribution in [0.4, 0.5) is 0 Å². The van der Waals surface area contributed by atoms with E-state index in [4.69, 9.17) is 9.47 Å². The van der Waals surface area contributed by atoms with Crippen molar-refractivity contribution in [2.24, 2.45) is 0 Å². The third-order valence-electron chi connectivity index (χ3n) is 1.25. The van der Waals surface area contributed by atoms with Crippen LogP contribution < -0.4 is 0 Å². The van der Waals surface area contributed by atoms with Crippen molar-refractivity contribution in [3.8, 4) is 0 Å². The quantitative estimate of drug-likeness (QED) is 0.521. The number of hydrogen-bond donors (Lipinski definition) is 0. The van der Waals surface area contributed by atoms with E-state index >= 15 is 0 Å². The maximum absolute atomic E-state index is 10.2. The van der Waals surface area contributed by atoms with E-state index in [1.54, 1.807) is 0 Å². The molecule has 0 bridgehead atoms. The second-order valence-electron chi connectivity index (χ2n) is 2.62. The highest BCUT2D eigenvalue weighted by molar-refractivity contribution is 4.68. The molecule has 0 aromatic heterocycles. The molecule has 0 aliphatic carbocycles. The monoisotopic (exact) mass is 131 g/mol. The zero-order valence-corrected chi connectivity index (χ0v) is 5.72. The van der Waals surface area contributed by atoms with Crippen LogP contribution in [0.15, 0.2) is 0 Å². The molecule has 1 heterocycles. The van der Waals surface area contributed by atoms with E-state index in [-0.39, 0.29) is 12.7 Å². The van der Waals surface area contributed by atoms with Gasteiger partial charge in [-0.3, -0.25) is 0 Å². The number of rotatable bonds is 1. The lowest BCUT2D eigenvalue weighted by molar-refractivity contribution is -0.144. The molecule has 9 heavy (non-hydrogen) atoms. The van der Waals surface area contributed by atoms with Gasteiger partial charge < -0.3 is 9.47 Å². The second-order valence-corrected chi connectivity index (χ2v) is 2.62. The molecule has 0 N–H and O–H groups in total. The van der Waals surface area contributed by atoms with Crippen LogP contribution in [0.5, 0.6) is 0 Å². The predicted octanol–water partition coefficient (Wildman–Crippen LogP) is 0.568. The standard InChI is InChI=1S/C6H11O3/c1-6(2)8-4-5(3-7)9-6/h5H,3-4H2,1-2H3/t5-/m0/s1. The van der Waals surface area contributed by atoms with E-state index in [0.717, 1.165) is 0 Å².